The number of hydrogen-bond acceptors (Lipinski definition) is 7. The van der Waals surface area contributed by atoms with Gasteiger partial charge in [0.1, 0.15) is 12.1 Å². The highest BCUT2D eigenvalue weighted by atomic mass is 16.6. The molecule has 0 radical (unpaired) electrons. The Labute approximate surface area is 249 Å². The number of esters is 1. The van der Waals surface area contributed by atoms with Gasteiger partial charge in [0.05, 0.1) is 18.1 Å². The van der Waals surface area contributed by atoms with Crippen LogP contribution in [0.3, 0.4) is 0 Å². The van der Waals surface area contributed by atoms with Gasteiger partial charge in [-0.3, -0.25) is 24.2 Å². The third kappa shape index (κ3) is 7.03. The second-order valence-electron chi connectivity index (χ2n) is 12.1. The van der Waals surface area contributed by atoms with Gasteiger partial charge in [0.15, 0.2) is 6.10 Å². The summed E-state index contributed by atoms with van der Waals surface area (Å²) in [5.41, 5.74) is 6.58. The van der Waals surface area contributed by atoms with Crippen molar-refractivity contribution < 1.29 is 28.7 Å². The van der Waals surface area contributed by atoms with Gasteiger partial charge < -0.3 is 19.7 Å². The number of carbonyl (C=O) groups excluding carboxylic acids is 4. The fraction of sp³-hybridized carbons (Fsp3) is 0.625. The van der Waals surface area contributed by atoms with Crippen LogP contribution in [0.15, 0.2) is 24.3 Å². The van der Waals surface area contributed by atoms with Gasteiger partial charge in [-0.15, -0.1) is 0 Å². The summed E-state index contributed by atoms with van der Waals surface area (Å²) in [5, 5.41) is 4.16. The predicted molar refractivity (Wildman–Crippen MR) is 159 cm³/mol. The van der Waals surface area contributed by atoms with E-state index in [0.29, 0.717) is 32.2 Å². The number of carbonyl (C=O) groups is 4. The van der Waals surface area contributed by atoms with E-state index in [4.69, 9.17) is 9.47 Å². The fourth-order valence-corrected chi connectivity index (χ4v) is 6.15. The number of amides is 3. The normalized spacial score (nSPS) is 30.8. The third-order valence-electron chi connectivity index (χ3n) is 8.78. The minimum absolute atomic E-state index is 0.0394. The van der Waals surface area contributed by atoms with Crippen molar-refractivity contribution in [1.29, 1.82) is 0 Å². The Morgan fingerprint density at radius 2 is 1.81 bits per heavy atom. The van der Waals surface area contributed by atoms with Gasteiger partial charge in [0, 0.05) is 20.7 Å². The van der Waals surface area contributed by atoms with Crippen LogP contribution in [0.4, 0.5) is 0 Å². The minimum atomic E-state index is -1.06. The van der Waals surface area contributed by atoms with Crippen LogP contribution in [0.1, 0.15) is 82.5 Å². The van der Waals surface area contributed by atoms with Gasteiger partial charge in [-0.2, -0.15) is 0 Å². The molecular weight excluding hydrogens is 536 g/mol. The second-order valence-corrected chi connectivity index (χ2v) is 12.1. The van der Waals surface area contributed by atoms with Gasteiger partial charge >= 0.3 is 5.97 Å². The van der Waals surface area contributed by atoms with Crippen molar-refractivity contribution in [3.63, 3.8) is 0 Å². The number of cyclic esters (lactones) is 1. The number of aryl methyl sites for hydroxylation is 1. The lowest BCUT2D eigenvalue weighted by Gasteiger charge is -2.37. The Hall–Kier alpha value is -3.24. The summed E-state index contributed by atoms with van der Waals surface area (Å²) in [5.74, 6) is -2.36. The lowest BCUT2D eigenvalue weighted by molar-refractivity contribution is -0.166. The van der Waals surface area contributed by atoms with Crippen LogP contribution in [0.2, 0.25) is 0 Å². The highest BCUT2D eigenvalue weighted by Gasteiger charge is 2.37. The lowest BCUT2D eigenvalue weighted by Crippen LogP contribution is -2.61. The number of nitrogens with zero attached hydrogens (tertiary/aromatic N) is 2. The van der Waals surface area contributed by atoms with E-state index in [9.17, 15) is 19.2 Å². The topological polar surface area (TPSA) is 117 Å². The molecule has 4 rings (SSSR count). The Kier molecular flexibility index (Phi) is 10.4. The molecule has 3 amide bonds. The summed E-state index contributed by atoms with van der Waals surface area (Å²) in [6.45, 7) is 7.35. The minimum Gasteiger partial charge on any atom is -0.452 e. The van der Waals surface area contributed by atoms with E-state index in [2.05, 4.69) is 41.1 Å². The zero-order valence-electron chi connectivity index (χ0n) is 25.7. The highest BCUT2D eigenvalue weighted by Crippen LogP contribution is 2.36. The first-order chi connectivity index (χ1) is 20.0. The van der Waals surface area contributed by atoms with Gasteiger partial charge in [0.2, 0.25) is 5.91 Å². The van der Waals surface area contributed by atoms with E-state index >= 15 is 0 Å². The molecule has 1 aromatic rings. The number of hydrazine groups is 1. The van der Waals surface area contributed by atoms with Crippen LogP contribution in [0.5, 0.6) is 0 Å². The van der Waals surface area contributed by atoms with Crippen molar-refractivity contribution in [3.8, 4) is 0 Å². The largest absolute Gasteiger partial charge is 0.452 e. The number of methoxy groups -OCH3 is 1. The lowest BCUT2D eigenvalue weighted by atomic mass is 9.98. The molecule has 1 aliphatic carbocycles. The second kappa shape index (κ2) is 13.8. The molecule has 3 aliphatic rings. The van der Waals surface area contributed by atoms with Gasteiger partial charge in [-0.1, -0.05) is 38.1 Å². The average Bonchev–Trinajstić information content (AvgIpc) is 3.41. The smallest absolute Gasteiger partial charge is 0.312 e. The van der Waals surface area contributed by atoms with Crippen molar-refractivity contribution in [1.82, 2.24) is 20.7 Å². The molecule has 1 saturated heterocycles. The summed E-state index contributed by atoms with van der Waals surface area (Å²) in [6.07, 6.45) is 6.99. The zero-order chi connectivity index (χ0) is 30.6. The summed E-state index contributed by atoms with van der Waals surface area (Å²) in [7, 11) is 3.41. The molecule has 42 heavy (non-hydrogen) atoms. The van der Waals surface area contributed by atoms with E-state index in [0.717, 1.165) is 24.0 Å². The van der Waals surface area contributed by atoms with E-state index < -0.39 is 42.1 Å². The summed E-state index contributed by atoms with van der Waals surface area (Å²) >= 11 is 0. The first-order valence-electron chi connectivity index (χ1n) is 15.2. The Bertz CT molecular complexity index is 1200. The maximum Gasteiger partial charge on any atom is 0.312 e. The Morgan fingerprint density at radius 1 is 1.05 bits per heavy atom. The molecule has 230 valence electrons. The molecule has 0 unspecified atom stereocenters. The average molecular weight is 583 g/mol. The van der Waals surface area contributed by atoms with Gasteiger partial charge in [0.25, 0.3) is 11.8 Å². The van der Waals surface area contributed by atoms with Crippen molar-refractivity contribution in [2.24, 2.45) is 11.8 Å². The van der Waals surface area contributed by atoms with Gasteiger partial charge in [-0.05, 0) is 81.0 Å². The summed E-state index contributed by atoms with van der Waals surface area (Å²) in [6, 6.07) is 4.93. The van der Waals surface area contributed by atoms with Crippen LogP contribution in [0.25, 0.3) is 6.08 Å². The number of allylic oxidation sites excluding steroid dienone is 1. The molecule has 2 aliphatic heterocycles. The standard InChI is InChI=1S/C32H46N4O6/c1-19(2)28-29(37)33-21(4)30(38)36-17-9-11-25(34-36)31(39)35(5)26-16-15-23-14-13-22(18-24(23)26)10-7-8-12-27(41-6)20(3)32(40)42-28/h7,10,13-14,18-21,25-28,34H,8-9,11-12,15-17H2,1-6H3,(H,33,37)/b10-7+/t20-,21+,25+,26-,27-,28+/m1/s1. The highest BCUT2D eigenvalue weighted by molar-refractivity contribution is 5.91. The number of fused-ring (bicyclic) bond motifs is 3. The van der Waals surface area contributed by atoms with Crippen molar-refractivity contribution >= 4 is 29.8 Å². The summed E-state index contributed by atoms with van der Waals surface area (Å²) < 4.78 is 11.3. The van der Waals surface area contributed by atoms with Crippen LogP contribution < -0.4 is 10.7 Å². The van der Waals surface area contributed by atoms with Crippen molar-refractivity contribution in [2.45, 2.75) is 96.6 Å². The quantitative estimate of drug-likeness (QED) is 0.515. The molecule has 6 atom stereocenters. The number of ether oxygens (including phenoxy) is 2. The molecule has 10 nitrogen and oxygen atoms in total. The number of hydrogen-bond donors (Lipinski definition) is 2. The summed E-state index contributed by atoms with van der Waals surface area (Å²) in [4.78, 5) is 55.1. The van der Waals surface area contributed by atoms with Crippen molar-refractivity contribution in [3.05, 3.63) is 41.0 Å². The van der Waals surface area contributed by atoms with Crippen LogP contribution in [0, 0.1) is 11.8 Å². The maximum atomic E-state index is 13.6. The maximum absolute atomic E-state index is 13.6. The number of rotatable bonds is 2. The number of likely N-dealkylation sites (N-methyl/N-ethyl adjacent to an activating group) is 1. The van der Waals surface area contributed by atoms with E-state index in [1.54, 1.807) is 34.8 Å². The van der Waals surface area contributed by atoms with E-state index in [-0.39, 0.29) is 23.8 Å². The Balaban J connectivity index is 1.62. The van der Waals surface area contributed by atoms with E-state index in [1.165, 1.54) is 10.6 Å². The molecule has 4 bridgehead atoms. The molecule has 0 aromatic heterocycles. The zero-order valence-corrected chi connectivity index (χ0v) is 25.7. The molecule has 1 fully saturated rings. The van der Waals surface area contributed by atoms with Crippen LogP contribution >= 0.6 is 0 Å². The molecule has 2 N–H and O–H groups in total. The molecule has 10 heteroatoms. The number of nitrogens with one attached hydrogen (secondary N) is 2. The molecule has 2 heterocycles. The monoisotopic (exact) mass is 582 g/mol. The first-order valence-corrected chi connectivity index (χ1v) is 15.2. The molecule has 1 aromatic carbocycles. The SMILES string of the molecule is CO[C@@H]1CC/C=C/c2ccc3c(c2)[C@@H](CC3)N(C)C(=O)[C@@H]2CCCN(N2)C(=O)[C@H](C)NC(=O)[C@H](C(C)C)OC(=O)[C@@H]1C. The molecular formula is C32H46N4O6. The first kappa shape index (κ1) is 31.7. The van der Waals surface area contributed by atoms with Crippen LogP contribution in [-0.4, -0.2) is 78.6 Å². The van der Waals surface area contributed by atoms with Gasteiger partial charge in [-0.25, -0.2) is 5.43 Å². The Morgan fingerprint density at radius 3 is 2.52 bits per heavy atom. The predicted octanol–water partition coefficient (Wildman–Crippen LogP) is 3.16. The molecule has 0 spiro atoms. The van der Waals surface area contributed by atoms with Crippen molar-refractivity contribution in [2.75, 3.05) is 20.7 Å². The molecule has 0 saturated carbocycles. The van der Waals surface area contributed by atoms with Crippen LogP contribution in [-0.2, 0) is 35.1 Å². The fourth-order valence-electron chi connectivity index (χ4n) is 6.15. The van der Waals surface area contributed by atoms with E-state index in [1.807, 2.05) is 11.9 Å². The number of benzene rings is 1. The third-order valence-corrected chi connectivity index (χ3v) is 8.78.